The van der Waals surface area contributed by atoms with Gasteiger partial charge in [0.1, 0.15) is 5.69 Å². The average Bonchev–Trinajstić information content (AvgIpc) is 3.14. The van der Waals surface area contributed by atoms with Crippen LogP contribution in [0.2, 0.25) is 0 Å². The number of nitrogens with one attached hydrogen (secondary N) is 2. The van der Waals surface area contributed by atoms with Crippen molar-refractivity contribution in [3.05, 3.63) is 47.4 Å². The van der Waals surface area contributed by atoms with Gasteiger partial charge in [0.15, 0.2) is 11.5 Å². The monoisotopic (exact) mass is 432 g/mol. The molecule has 4 heterocycles. The number of piperidine rings is 1. The largest absolute Gasteiger partial charge is 0.417 e. The smallest absolute Gasteiger partial charge is 0.366 e. The average molecular weight is 432 g/mol. The van der Waals surface area contributed by atoms with E-state index in [1.165, 1.54) is 0 Å². The normalized spacial score (nSPS) is 15.6. The summed E-state index contributed by atoms with van der Waals surface area (Å²) >= 11 is 0. The van der Waals surface area contributed by atoms with E-state index in [0.29, 0.717) is 37.3 Å². The molecule has 0 bridgehead atoms. The van der Waals surface area contributed by atoms with E-state index in [9.17, 15) is 18.0 Å². The second kappa shape index (κ2) is 8.16. The van der Waals surface area contributed by atoms with Crippen molar-refractivity contribution in [2.24, 2.45) is 0 Å². The number of carbonyl (C=O) groups excluding carboxylic acids is 1. The number of carbonyl (C=O) groups is 1. The molecule has 0 unspecified atom stereocenters. The molecule has 31 heavy (non-hydrogen) atoms. The van der Waals surface area contributed by atoms with E-state index in [2.05, 4.69) is 25.5 Å². The third kappa shape index (κ3) is 4.33. The van der Waals surface area contributed by atoms with Gasteiger partial charge in [-0.3, -0.25) is 14.9 Å². The van der Waals surface area contributed by atoms with Crippen LogP contribution in [0.15, 0.2) is 30.5 Å². The molecule has 1 saturated heterocycles. The van der Waals surface area contributed by atoms with Gasteiger partial charge < -0.3 is 10.2 Å². The fraction of sp³-hybridized carbons (Fsp3) is 0.429. The molecule has 0 aromatic carbocycles. The second-order valence-electron chi connectivity index (χ2n) is 7.97. The highest BCUT2D eigenvalue weighted by Crippen LogP contribution is 2.39. The first kappa shape index (κ1) is 21.1. The SMILES string of the molecule is CC(C)Nc1n[nH]c2nc(C3CCN(C(=O)c4ccccn4)CC3)cc(C(F)(F)F)c12. The number of halogens is 3. The number of likely N-dealkylation sites (tertiary alicyclic amines) is 1. The van der Waals surface area contributed by atoms with E-state index >= 15 is 0 Å². The van der Waals surface area contributed by atoms with Gasteiger partial charge in [0.2, 0.25) is 0 Å². The van der Waals surface area contributed by atoms with Gasteiger partial charge in [0.25, 0.3) is 5.91 Å². The molecule has 0 spiro atoms. The summed E-state index contributed by atoms with van der Waals surface area (Å²) in [6.07, 6.45) is -1.92. The molecule has 3 aromatic rings. The van der Waals surface area contributed by atoms with Crippen molar-refractivity contribution < 1.29 is 18.0 Å². The number of aromatic nitrogens is 4. The minimum Gasteiger partial charge on any atom is -0.366 e. The lowest BCUT2D eigenvalue weighted by atomic mass is 9.91. The Morgan fingerprint density at radius 1 is 1.26 bits per heavy atom. The number of hydrogen-bond acceptors (Lipinski definition) is 5. The van der Waals surface area contributed by atoms with Gasteiger partial charge in [0.05, 0.1) is 10.9 Å². The van der Waals surface area contributed by atoms with Crippen LogP contribution < -0.4 is 5.32 Å². The Morgan fingerprint density at radius 2 is 2.00 bits per heavy atom. The molecular formula is C21H23F3N6O. The standard InChI is InChI=1S/C21H23F3N6O/c1-12(2)26-18-17-14(21(22,23)24)11-16(27-19(17)29-28-18)13-6-9-30(10-7-13)20(31)15-5-3-4-8-25-15/h3-5,8,11-13H,6-7,9-10H2,1-2H3,(H2,26,27,28,29). The zero-order valence-corrected chi connectivity index (χ0v) is 17.2. The molecule has 0 aliphatic carbocycles. The first-order valence-corrected chi connectivity index (χ1v) is 10.2. The van der Waals surface area contributed by atoms with E-state index in [1.807, 2.05) is 13.8 Å². The van der Waals surface area contributed by atoms with E-state index in [4.69, 9.17) is 0 Å². The highest BCUT2D eigenvalue weighted by molar-refractivity contribution is 5.92. The number of pyridine rings is 2. The van der Waals surface area contributed by atoms with Gasteiger partial charge in [-0.2, -0.15) is 18.3 Å². The summed E-state index contributed by atoms with van der Waals surface area (Å²) in [6, 6.07) is 6.19. The van der Waals surface area contributed by atoms with Crippen LogP contribution in [0.3, 0.4) is 0 Å². The Morgan fingerprint density at radius 3 is 2.61 bits per heavy atom. The van der Waals surface area contributed by atoms with Crippen molar-refractivity contribution in [2.45, 2.75) is 44.8 Å². The number of rotatable bonds is 4. The summed E-state index contributed by atoms with van der Waals surface area (Å²) in [5, 5.41) is 9.54. The molecule has 0 atom stereocenters. The lowest BCUT2D eigenvalue weighted by Crippen LogP contribution is -2.38. The lowest BCUT2D eigenvalue weighted by molar-refractivity contribution is -0.136. The summed E-state index contributed by atoms with van der Waals surface area (Å²) in [4.78, 5) is 22.8. The molecule has 1 amide bonds. The maximum atomic E-state index is 13.9. The summed E-state index contributed by atoms with van der Waals surface area (Å²) in [7, 11) is 0. The molecule has 10 heteroatoms. The molecule has 1 aliphatic rings. The topological polar surface area (TPSA) is 86.8 Å². The number of alkyl halides is 3. The summed E-state index contributed by atoms with van der Waals surface area (Å²) < 4.78 is 41.6. The van der Waals surface area contributed by atoms with Crippen LogP contribution in [0.1, 0.15) is 54.4 Å². The number of hydrogen-bond donors (Lipinski definition) is 2. The fourth-order valence-electron chi connectivity index (χ4n) is 3.89. The van der Waals surface area contributed by atoms with E-state index in [-0.39, 0.29) is 34.7 Å². The second-order valence-corrected chi connectivity index (χ2v) is 7.97. The Balaban J connectivity index is 1.59. The quantitative estimate of drug-likeness (QED) is 0.645. The predicted molar refractivity (Wildman–Crippen MR) is 110 cm³/mol. The maximum absolute atomic E-state index is 13.9. The van der Waals surface area contributed by atoms with Crippen molar-refractivity contribution >= 4 is 22.8 Å². The van der Waals surface area contributed by atoms with Crippen LogP contribution in [0.25, 0.3) is 11.0 Å². The third-order valence-corrected chi connectivity index (χ3v) is 5.36. The molecule has 4 rings (SSSR count). The number of aromatic amines is 1. The number of fused-ring (bicyclic) bond motifs is 1. The van der Waals surface area contributed by atoms with E-state index in [1.54, 1.807) is 29.3 Å². The van der Waals surface area contributed by atoms with Crippen LogP contribution >= 0.6 is 0 Å². The molecular weight excluding hydrogens is 409 g/mol. The zero-order valence-electron chi connectivity index (χ0n) is 17.2. The van der Waals surface area contributed by atoms with Gasteiger partial charge in [0, 0.05) is 36.9 Å². The third-order valence-electron chi connectivity index (χ3n) is 5.36. The van der Waals surface area contributed by atoms with Crippen molar-refractivity contribution in [3.8, 4) is 0 Å². The van der Waals surface area contributed by atoms with Crippen molar-refractivity contribution in [1.29, 1.82) is 0 Å². The van der Waals surface area contributed by atoms with Crippen LogP contribution in [0, 0.1) is 0 Å². The minimum atomic E-state index is -4.54. The molecule has 0 radical (unpaired) electrons. The zero-order chi connectivity index (χ0) is 22.2. The van der Waals surface area contributed by atoms with E-state index in [0.717, 1.165) is 6.07 Å². The lowest BCUT2D eigenvalue weighted by Gasteiger charge is -2.31. The highest BCUT2D eigenvalue weighted by atomic mass is 19.4. The molecule has 3 aromatic heterocycles. The Kier molecular flexibility index (Phi) is 5.55. The van der Waals surface area contributed by atoms with Gasteiger partial charge in [-0.1, -0.05) is 6.07 Å². The number of anilines is 1. The maximum Gasteiger partial charge on any atom is 0.417 e. The van der Waals surface area contributed by atoms with Crippen molar-refractivity contribution in [2.75, 3.05) is 18.4 Å². The highest BCUT2D eigenvalue weighted by Gasteiger charge is 2.37. The van der Waals surface area contributed by atoms with Gasteiger partial charge in [-0.15, -0.1) is 0 Å². The molecule has 7 nitrogen and oxygen atoms in total. The molecule has 1 fully saturated rings. The predicted octanol–water partition coefficient (Wildman–Crippen LogP) is 4.21. The van der Waals surface area contributed by atoms with Crippen molar-refractivity contribution in [3.63, 3.8) is 0 Å². The van der Waals surface area contributed by atoms with Gasteiger partial charge >= 0.3 is 6.18 Å². The van der Waals surface area contributed by atoms with Crippen LogP contribution in [-0.4, -0.2) is 50.1 Å². The van der Waals surface area contributed by atoms with Gasteiger partial charge in [-0.25, -0.2) is 4.98 Å². The molecule has 164 valence electrons. The summed E-state index contributed by atoms with van der Waals surface area (Å²) in [5.41, 5.74) is 0.0864. The van der Waals surface area contributed by atoms with E-state index < -0.39 is 11.7 Å². The molecule has 2 N–H and O–H groups in total. The fourth-order valence-corrected chi connectivity index (χ4v) is 3.89. The van der Waals surface area contributed by atoms with Crippen molar-refractivity contribution in [1.82, 2.24) is 25.1 Å². The summed E-state index contributed by atoms with van der Waals surface area (Å²) in [5.74, 6) is -0.202. The minimum absolute atomic E-state index is 0.0484. The number of amides is 1. The number of H-pyrrole nitrogens is 1. The first-order chi connectivity index (χ1) is 14.7. The van der Waals surface area contributed by atoms with Crippen LogP contribution in [0.5, 0.6) is 0 Å². The molecule has 1 aliphatic heterocycles. The Labute approximate surface area is 177 Å². The summed E-state index contributed by atoms with van der Waals surface area (Å²) in [6.45, 7) is 4.53. The first-order valence-electron chi connectivity index (χ1n) is 10.2. The Hall–Kier alpha value is -3.17. The Bertz CT molecular complexity index is 1070. The van der Waals surface area contributed by atoms with Gasteiger partial charge in [-0.05, 0) is 44.9 Å². The van der Waals surface area contributed by atoms with Crippen LogP contribution in [0.4, 0.5) is 19.0 Å². The van der Waals surface area contributed by atoms with Crippen LogP contribution in [-0.2, 0) is 6.18 Å². The number of nitrogens with zero attached hydrogens (tertiary/aromatic N) is 4. The molecule has 0 saturated carbocycles.